The number of aliphatic carboxylic acids is 2. The number of aryl methyl sites for hydroxylation is 1. The Balaban J connectivity index is 0.000000793. The van der Waals surface area contributed by atoms with Crippen molar-refractivity contribution in [3.05, 3.63) is 77.4 Å². The standard InChI is InChI=1S/C37H49N5O6.C4H6O6/c1-27-14-17-31(34(25-27)48-23-9-5-6-13-35(43)42-21-19-40(2)20-22-42)41(3)37(45)28-15-16-30(33(26-28)46-4)39-36(44)29-11-7-8-12-32(29)47-24-10-18-38;5-1(3(7)8)2(6)4(9)10/h7-8,11-12,14-17,25-26H,5-6,9-10,13,18-24,38H2,1-4H3,(H,39,44);1-2,5-6H,(H,7,8)(H,9,10). The summed E-state index contributed by atoms with van der Waals surface area (Å²) in [7, 11) is 5.27. The van der Waals surface area contributed by atoms with Crippen molar-refractivity contribution in [3.63, 3.8) is 0 Å². The Morgan fingerprint density at radius 1 is 0.810 bits per heavy atom. The fourth-order valence-electron chi connectivity index (χ4n) is 5.70. The van der Waals surface area contributed by atoms with E-state index in [1.165, 1.54) is 7.11 Å². The van der Waals surface area contributed by atoms with Gasteiger partial charge in [-0.1, -0.05) is 18.2 Å². The number of carboxylic acids is 2. The Morgan fingerprint density at radius 2 is 1.45 bits per heavy atom. The quantitative estimate of drug-likeness (QED) is 0.0955. The molecule has 2 atom stereocenters. The number of hydrogen-bond donors (Lipinski definition) is 6. The van der Waals surface area contributed by atoms with E-state index in [1.54, 1.807) is 54.4 Å². The molecule has 0 bridgehead atoms. The van der Waals surface area contributed by atoms with Crippen LogP contribution in [0.3, 0.4) is 0 Å². The highest BCUT2D eigenvalue weighted by molar-refractivity contribution is 6.09. The molecule has 316 valence electrons. The Labute approximate surface area is 337 Å². The minimum Gasteiger partial charge on any atom is -0.495 e. The lowest BCUT2D eigenvalue weighted by Crippen LogP contribution is -2.47. The highest BCUT2D eigenvalue weighted by Crippen LogP contribution is 2.32. The molecule has 1 saturated heterocycles. The van der Waals surface area contributed by atoms with E-state index < -0.39 is 24.1 Å². The van der Waals surface area contributed by atoms with Gasteiger partial charge in [-0.05, 0) is 94.2 Å². The summed E-state index contributed by atoms with van der Waals surface area (Å²) in [5.74, 6) is -2.52. The van der Waals surface area contributed by atoms with Crippen LogP contribution in [-0.4, -0.2) is 139 Å². The number of amides is 3. The molecule has 4 rings (SSSR count). The number of rotatable bonds is 19. The van der Waals surface area contributed by atoms with E-state index in [-0.39, 0.29) is 17.7 Å². The predicted molar refractivity (Wildman–Crippen MR) is 216 cm³/mol. The highest BCUT2D eigenvalue weighted by atomic mass is 16.5. The van der Waals surface area contributed by atoms with Crippen molar-refractivity contribution in [2.24, 2.45) is 5.73 Å². The first-order valence-corrected chi connectivity index (χ1v) is 18.9. The van der Waals surface area contributed by atoms with Crippen LogP contribution in [0, 0.1) is 6.92 Å². The molecule has 58 heavy (non-hydrogen) atoms. The number of carbonyl (C=O) groups excluding carboxylic acids is 3. The number of nitrogens with one attached hydrogen (secondary N) is 1. The zero-order chi connectivity index (χ0) is 42.8. The molecule has 2 unspecified atom stereocenters. The summed E-state index contributed by atoms with van der Waals surface area (Å²) < 4.78 is 17.5. The van der Waals surface area contributed by atoms with E-state index in [2.05, 4.69) is 17.3 Å². The Morgan fingerprint density at radius 3 is 2.09 bits per heavy atom. The number of para-hydroxylation sites is 1. The number of piperazine rings is 1. The lowest BCUT2D eigenvalue weighted by Gasteiger charge is -2.32. The van der Waals surface area contributed by atoms with Crippen LogP contribution in [0.5, 0.6) is 17.2 Å². The SMILES string of the molecule is COc1cc(C(=O)N(C)c2ccc(C)cc2OCCCCCC(=O)N2CCN(C)CC2)ccc1NC(=O)c1ccccc1OCCCN.O=C(O)C(O)C(O)C(=O)O. The number of carbonyl (C=O) groups is 5. The molecule has 1 heterocycles. The van der Waals surface area contributed by atoms with E-state index in [0.717, 1.165) is 51.0 Å². The molecule has 7 N–H and O–H groups in total. The Kier molecular flexibility index (Phi) is 18.9. The van der Waals surface area contributed by atoms with E-state index in [4.69, 9.17) is 40.4 Å². The number of carboxylic acid groups (broad SMARTS) is 2. The molecule has 0 saturated carbocycles. The van der Waals surface area contributed by atoms with Crippen molar-refractivity contribution in [2.75, 3.05) is 77.4 Å². The second-order valence-corrected chi connectivity index (χ2v) is 13.6. The summed E-state index contributed by atoms with van der Waals surface area (Å²) in [6.07, 6.45) is -0.804. The third-order valence-corrected chi connectivity index (χ3v) is 9.17. The number of methoxy groups -OCH3 is 1. The normalized spacial score (nSPS) is 13.6. The summed E-state index contributed by atoms with van der Waals surface area (Å²) in [4.78, 5) is 64.7. The minimum atomic E-state index is -2.27. The molecule has 17 heteroatoms. The molecular weight excluding hydrogens is 754 g/mol. The molecule has 1 fully saturated rings. The van der Waals surface area contributed by atoms with Gasteiger partial charge < -0.3 is 60.4 Å². The van der Waals surface area contributed by atoms with Crippen molar-refractivity contribution in [2.45, 2.75) is 51.2 Å². The van der Waals surface area contributed by atoms with Gasteiger partial charge in [-0.25, -0.2) is 9.59 Å². The van der Waals surface area contributed by atoms with Gasteiger partial charge in [-0.15, -0.1) is 0 Å². The third-order valence-electron chi connectivity index (χ3n) is 9.17. The molecule has 3 aromatic rings. The zero-order valence-corrected chi connectivity index (χ0v) is 33.4. The maximum Gasteiger partial charge on any atom is 0.335 e. The molecular formula is C41H55N5O12. The molecule has 1 aliphatic heterocycles. The van der Waals surface area contributed by atoms with Crippen molar-refractivity contribution >= 4 is 41.0 Å². The topological polar surface area (TPSA) is 242 Å². The van der Waals surface area contributed by atoms with Gasteiger partial charge in [0.05, 0.1) is 37.3 Å². The molecule has 3 amide bonds. The number of anilines is 2. The van der Waals surface area contributed by atoms with Gasteiger partial charge in [0.2, 0.25) is 5.91 Å². The number of nitrogens with two attached hydrogens (primary N) is 1. The van der Waals surface area contributed by atoms with Gasteiger partial charge in [0, 0.05) is 45.2 Å². The van der Waals surface area contributed by atoms with Gasteiger partial charge in [0.25, 0.3) is 11.8 Å². The number of ether oxygens (including phenoxy) is 3. The summed E-state index contributed by atoms with van der Waals surface area (Å²) >= 11 is 0. The average molecular weight is 810 g/mol. The van der Waals surface area contributed by atoms with E-state index in [1.807, 2.05) is 30.0 Å². The van der Waals surface area contributed by atoms with Crippen LogP contribution in [0.2, 0.25) is 0 Å². The molecule has 0 spiro atoms. The van der Waals surface area contributed by atoms with Crippen LogP contribution in [0.1, 0.15) is 58.4 Å². The van der Waals surface area contributed by atoms with Crippen molar-refractivity contribution in [1.29, 1.82) is 0 Å². The summed E-state index contributed by atoms with van der Waals surface area (Å²) in [6.45, 7) is 6.80. The van der Waals surface area contributed by atoms with Gasteiger partial charge in [0.1, 0.15) is 17.2 Å². The predicted octanol–water partition coefficient (Wildman–Crippen LogP) is 2.85. The lowest BCUT2D eigenvalue weighted by atomic mass is 10.1. The van der Waals surface area contributed by atoms with Crippen LogP contribution < -0.4 is 30.2 Å². The first-order chi connectivity index (χ1) is 27.7. The van der Waals surface area contributed by atoms with E-state index in [9.17, 15) is 24.0 Å². The molecule has 1 aliphatic rings. The number of likely N-dealkylation sites (N-methyl/N-ethyl adjacent to an activating group) is 1. The van der Waals surface area contributed by atoms with Crippen LogP contribution >= 0.6 is 0 Å². The van der Waals surface area contributed by atoms with Crippen LogP contribution in [-0.2, 0) is 14.4 Å². The average Bonchev–Trinajstić information content (AvgIpc) is 3.21. The number of benzene rings is 3. The van der Waals surface area contributed by atoms with Crippen molar-refractivity contribution in [3.8, 4) is 17.2 Å². The Hall–Kier alpha value is -5.75. The van der Waals surface area contributed by atoms with E-state index >= 15 is 0 Å². The molecule has 0 aliphatic carbocycles. The lowest BCUT2D eigenvalue weighted by molar-refractivity contribution is -0.165. The molecule has 3 aromatic carbocycles. The number of nitrogens with zero attached hydrogens (tertiary/aromatic N) is 3. The van der Waals surface area contributed by atoms with Crippen LogP contribution in [0.15, 0.2) is 60.7 Å². The smallest absolute Gasteiger partial charge is 0.335 e. The third kappa shape index (κ3) is 14.0. The molecule has 0 aromatic heterocycles. The molecule has 17 nitrogen and oxygen atoms in total. The molecule has 0 radical (unpaired) electrons. The summed E-state index contributed by atoms with van der Waals surface area (Å²) in [5.41, 5.74) is 8.40. The monoisotopic (exact) mass is 809 g/mol. The van der Waals surface area contributed by atoms with Gasteiger partial charge in [0.15, 0.2) is 12.2 Å². The largest absolute Gasteiger partial charge is 0.495 e. The summed E-state index contributed by atoms with van der Waals surface area (Å²) in [6, 6.07) is 17.6. The first kappa shape index (κ1) is 46.6. The second kappa shape index (κ2) is 23.5. The fraction of sp³-hybridized carbons (Fsp3) is 0.439. The van der Waals surface area contributed by atoms with Crippen LogP contribution in [0.25, 0.3) is 0 Å². The minimum absolute atomic E-state index is 0.228. The van der Waals surface area contributed by atoms with E-state index in [0.29, 0.717) is 72.4 Å². The van der Waals surface area contributed by atoms with Gasteiger partial charge in [-0.3, -0.25) is 14.4 Å². The maximum absolute atomic E-state index is 13.7. The van der Waals surface area contributed by atoms with Gasteiger partial charge in [-0.2, -0.15) is 0 Å². The van der Waals surface area contributed by atoms with Crippen molar-refractivity contribution < 1.29 is 58.6 Å². The second-order valence-electron chi connectivity index (χ2n) is 13.6. The fourth-order valence-corrected chi connectivity index (χ4v) is 5.70. The number of hydrogen-bond acceptors (Lipinski definition) is 12. The first-order valence-electron chi connectivity index (χ1n) is 18.9. The van der Waals surface area contributed by atoms with Gasteiger partial charge >= 0.3 is 11.9 Å². The van der Waals surface area contributed by atoms with Crippen LogP contribution in [0.4, 0.5) is 11.4 Å². The maximum atomic E-state index is 13.7. The summed E-state index contributed by atoms with van der Waals surface area (Å²) in [5, 5.41) is 35.4. The van der Waals surface area contributed by atoms with Crippen molar-refractivity contribution in [1.82, 2.24) is 9.80 Å². The zero-order valence-electron chi connectivity index (χ0n) is 33.4. The number of unbranched alkanes of at least 4 members (excludes halogenated alkanes) is 2. The Bertz CT molecular complexity index is 1830. The number of aliphatic hydroxyl groups is 2. The number of aliphatic hydroxyl groups excluding tert-OH is 2. The highest BCUT2D eigenvalue weighted by Gasteiger charge is 2.29.